The van der Waals surface area contributed by atoms with E-state index in [1.807, 2.05) is 56.3 Å². The Morgan fingerprint density at radius 2 is 1.61 bits per heavy atom. The minimum Gasteiger partial charge on any atom is -0.294 e. The molecule has 92 valence electrons. The van der Waals surface area contributed by atoms with E-state index in [1.54, 1.807) is 0 Å². The van der Waals surface area contributed by atoms with Gasteiger partial charge in [-0.1, -0.05) is 52.3 Å². The third kappa shape index (κ3) is 2.70. The lowest BCUT2D eigenvalue weighted by molar-refractivity contribution is 0.0991. The van der Waals surface area contributed by atoms with E-state index in [0.29, 0.717) is 6.42 Å². The van der Waals surface area contributed by atoms with Crippen LogP contribution in [0.3, 0.4) is 0 Å². The van der Waals surface area contributed by atoms with Crippen LogP contribution in [-0.2, 0) is 6.42 Å². The van der Waals surface area contributed by atoms with Gasteiger partial charge in [0.2, 0.25) is 0 Å². The van der Waals surface area contributed by atoms with Gasteiger partial charge in [-0.3, -0.25) is 4.79 Å². The summed E-state index contributed by atoms with van der Waals surface area (Å²) in [5.41, 5.74) is 3.98. The van der Waals surface area contributed by atoms with Gasteiger partial charge in [-0.05, 0) is 36.6 Å². The fourth-order valence-electron chi connectivity index (χ4n) is 2.16. The van der Waals surface area contributed by atoms with Crippen molar-refractivity contribution in [2.45, 2.75) is 20.3 Å². The van der Waals surface area contributed by atoms with Gasteiger partial charge in [-0.2, -0.15) is 0 Å². The quantitative estimate of drug-likeness (QED) is 0.763. The normalized spacial score (nSPS) is 10.4. The summed E-state index contributed by atoms with van der Waals surface area (Å²) in [7, 11) is 0. The van der Waals surface area contributed by atoms with Crippen LogP contribution in [-0.4, -0.2) is 5.78 Å². The monoisotopic (exact) mass is 302 g/mol. The minimum absolute atomic E-state index is 0.178. The molecule has 0 aliphatic heterocycles. The average Bonchev–Trinajstić information content (AvgIpc) is 2.32. The number of aryl methyl sites for hydroxylation is 2. The zero-order valence-electron chi connectivity index (χ0n) is 10.5. The Balaban J connectivity index is 2.31. The molecule has 2 aromatic rings. The Morgan fingerprint density at radius 3 is 2.22 bits per heavy atom. The average molecular weight is 303 g/mol. The SMILES string of the molecule is Cc1cccc(C)c1C(=O)Cc1ccccc1Br. The van der Waals surface area contributed by atoms with Crippen molar-refractivity contribution < 1.29 is 4.79 Å². The molecule has 2 heteroatoms. The Morgan fingerprint density at radius 1 is 1.00 bits per heavy atom. The molecule has 0 bridgehead atoms. The topological polar surface area (TPSA) is 17.1 Å². The van der Waals surface area contributed by atoms with E-state index < -0.39 is 0 Å². The highest BCUT2D eigenvalue weighted by Crippen LogP contribution is 2.20. The minimum atomic E-state index is 0.178. The third-order valence-electron chi connectivity index (χ3n) is 3.07. The lowest BCUT2D eigenvalue weighted by Crippen LogP contribution is -2.08. The molecular weight excluding hydrogens is 288 g/mol. The molecule has 0 fully saturated rings. The highest BCUT2D eigenvalue weighted by molar-refractivity contribution is 9.10. The van der Waals surface area contributed by atoms with E-state index in [9.17, 15) is 4.79 Å². The van der Waals surface area contributed by atoms with Crippen molar-refractivity contribution in [1.29, 1.82) is 0 Å². The van der Waals surface area contributed by atoms with Crippen LogP contribution in [0.15, 0.2) is 46.9 Å². The van der Waals surface area contributed by atoms with Gasteiger partial charge >= 0.3 is 0 Å². The van der Waals surface area contributed by atoms with Gasteiger partial charge in [-0.25, -0.2) is 0 Å². The molecule has 0 amide bonds. The zero-order chi connectivity index (χ0) is 13.1. The summed E-state index contributed by atoms with van der Waals surface area (Å²) in [5, 5.41) is 0. The van der Waals surface area contributed by atoms with Crippen LogP contribution >= 0.6 is 15.9 Å². The van der Waals surface area contributed by atoms with Gasteiger partial charge in [0, 0.05) is 16.5 Å². The molecule has 1 nitrogen and oxygen atoms in total. The van der Waals surface area contributed by atoms with Crippen molar-refractivity contribution in [3.8, 4) is 0 Å². The number of carbonyl (C=O) groups excluding carboxylic acids is 1. The summed E-state index contributed by atoms with van der Waals surface area (Å²) < 4.78 is 0.990. The van der Waals surface area contributed by atoms with E-state index in [2.05, 4.69) is 15.9 Å². The summed E-state index contributed by atoms with van der Waals surface area (Å²) >= 11 is 3.48. The second kappa shape index (κ2) is 5.49. The molecule has 18 heavy (non-hydrogen) atoms. The maximum Gasteiger partial charge on any atom is 0.167 e. The van der Waals surface area contributed by atoms with Crippen LogP contribution in [0.5, 0.6) is 0 Å². The Labute approximate surface area is 116 Å². The number of hydrogen-bond acceptors (Lipinski definition) is 1. The van der Waals surface area contributed by atoms with Crippen LogP contribution in [0.2, 0.25) is 0 Å². The molecule has 0 aliphatic carbocycles. The molecule has 0 N–H and O–H groups in total. The Hall–Kier alpha value is -1.41. The third-order valence-corrected chi connectivity index (χ3v) is 3.84. The maximum atomic E-state index is 12.4. The molecule has 0 unspecified atom stereocenters. The predicted octanol–water partition coefficient (Wildman–Crippen LogP) is 4.49. The summed E-state index contributed by atoms with van der Waals surface area (Å²) in [6, 6.07) is 13.8. The summed E-state index contributed by atoms with van der Waals surface area (Å²) in [4.78, 5) is 12.4. The number of rotatable bonds is 3. The van der Waals surface area contributed by atoms with Gasteiger partial charge in [0.25, 0.3) is 0 Å². The molecule has 0 aliphatic rings. The summed E-state index contributed by atoms with van der Waals surface area (Å²) in [6.07, 6.45) is 0.438. The second-order valence-electron chi connectivity index (χ2n) is 4.46. The molecule has 0 aromatic heterocycles. The van der Waals surface area contributed by atoms with Crippen molar-refractivity contribution in [1.82, 2.24) is 0 Å². The molecule has 0 heterocycles. The van der Waals surface area contributed by atoms with Gasteiger partial charge in [0.05, 0.1) is 0 Å². The van der Waals surface area contributed by atoms with Crippen LogP contribution in [0.1, 0.15) is 27.0 Å². The van der Waals surface area contributed by atoms with Crippen molar-refractivity contribution in [3.05, 3.63) is 69.2 Å². The first-order valence-corrected chi connectivity index (χ1v) is 6.71. The smallest absolute Gasteiger partial charge is 0.167 e. The van der Waals surface area contributed by atoms with E-state index in [1.165, 1.54) is 0 Å². The Kier molecular flexibility index (Phi) is 3.97. The first-order valence-electron chi connectivity index (χ1n) is 5.92. The van der Waals surface area contributed by atoms with E-state index in [4.69, 9.17) is 0 Å². The van der Waals surface area contributed by atoms with Crippen molar-refractivity contribution >= 4 is 21.7 Å². The largest absolute Gasteiger partial charge is 0.294 e. The highest BCUT2D eigenvalue weighted by atomic mass is 79.9. The predicted molar refractivity (Wildman–Crippen MR) is 78.1 cm³/mol. The number of ketones is 1. The summed E-state index contributed by atoms with van der Waals surface area (Å²) in [6.45, 7) is 3.97. The molecule has 0 atom stereocenters. The van der Waals surface area contributed by atoms with Gasteiger partial charge in [0.1, 0.15) is 0 Å². The van der Waals surface area contributed by atoms with Gasteiger partial charge in [-0.15, -0.1) is 0 Å². The molecule has 2 rings (SSSR count). The highest BCUT2D eigenvalue weighted by Gasteiger charge is 2.13. The molecule has 0 radical (unpaired) electrons. The lowest BCUT2D eigenvalue weighted by atomic mass is 9.95. The van der Waals surface area contributed by atoms with Crippen molar-refractivity contribution in [2.24, 2.45) is 0 Å². The number of hydrogen-bond donors (Lipinski definition) is 0. The van der Waals surface area contributed by atoms with E-state index in [-0.39, 0.29) is 5.78 Å². The van der Waals surface area contributed by atoms with Crippen LogP contribution < -0.4 is 0 Å². The zero-order valence-corrected chi connectivity index (χ0v) is 12.1. The molecule has 0 saturated carbocycles. The first kappa shape index (κ1) is 13.0. The second-order valence-corrected chi connectivity index (χ2v) is 5.31. The van der Waals surface area contributed by atoms with Crippen LogP contribution in [0, 0.1) is 13.8 Å². The molecule has 0 spiro atoms. The fraction of sp³-hybridized carbons (Fsp3) is 0.188. The van der Waals surface area contributed by atoms with Crippen LogP contribution in [0.4, 0.5) is 0 Å². The number of carbonyl (C=O) groups is 1. The molecular formula is C16H15BrO. The number of benzene rings is 2. The van der Waals surface area contributed by atoms with Crippen LogP contribution in [0.25, 0.3) is 0 Å². The summed E-state index contributed by atoms with van der Waals surface area (Å²) in [5.74, 6) is 0.178. The fourth-order valence-corrected chi connectivity index (χ4v) is 2.58. The van der Waals surface area contributed by atoms with Crippen molar-refractivity contribution in [2.75, 3.05) is 0 Å². The van der Waals surface area contributed by atoms with E-state index >= 15 is 0 Å². The lowest BCUT2D eigenvalue weighted by Gasteiger charge is -2.09. The Bertz CT molecular complexity index is 567. The standard InChI is InChI=1S/C16H15BrO/c1-11-6-5-7-12(2)16(11)15(18)10-13-8-3-4-9-14(13)17/h3-9H,10H2,1-2H3. The molecule has 0 saturated heterocycles. The number of Topliss-reactive ketones (excluding diaryl/α,β-unsaturated/α-hetero) is 1. The van der Waals surface area contributed by atoms with E-state index in [0.717, 1.165) is 26.7 Å². The van der Waals surface area contributed by atoms with Gasteiger partial charge in [0.15, 0.2) is 5.78 Å². The maximum absolute atomic E-state index is 12.4. The number of halogens is 1. The van der Waals surface area contributed by atoms with Crippen molar-refractivity contribution in [3.63, 3.8) is 0 Å². The van der Waals surface area contributed by atoms with Gasteiger partial charge < -0.3 is 0 Å². The first-order chi connectivity index (χ1) is 8.59. The molecule has 2 aromatic carbocycles.